The lowest BCUT2D eigenvalue weighted by Gasteiger charge is -2.04. The van der Waals surface area contributed by atoms with Crippen LogP contribution in [0, 0.1) is 0 Å². The Morgan fingerprint density at radius 1 is 0.600 bits per heavy atom. The van der Waals surface area contributed by atoms with Crippen molar-refractivity contribution >= 4 is 22.6 Å². The van der Waals surface area contributed by atoms with Gasteiger partial charge < -0.3 is 5.73 Å². The molecule has 0 radical (unpaired) electrons. The summed E-state index contributed by atoms with van der Waals surface area (Å²) in [6.45, 7) is 2.29. The first-order chi connectivity index (χ1) is 9.77. The molecule has 0 aromatic heterocycles. The van der Waals surface area contributed by atoms with Gasteiger partial charge in [0.15, 0.2) is 0 Å². The Balaban J connectivity index is 2.92. The van der Waals surface area contributed by atoms with Gasteiger partial charge >= 0.3 is 0 Å². The van der Waals surface area contributed by atoms with Crippen LogP contribution in [0.15, 0.2) is 0 Å². The summed E-state index contributed by atoms with van der Waals surface area (Å²) in [5.41, 5.74) is 5.73. The van der Waals surface area contributed by atoms with Crippen LogP contribution in [-0.4, -0.2) is 4.05 Å². The molecular weight excluding hydrogens is 357 g/mol. The molecule has 0 heterocycles. The second kappa shape index (κ2) is 17.7. The number of halogens is 1. The van der Waals surface area contributed by atoms with E-state index in [1.54, 1.807) is 0 Å². The Bertz CT molecular complexity index is 171. The number of hydrogen-bond acceptors (Lipinski definition) is 1. The van der Waals surface area contributed by atoms with E-state index in [9.17, 15) is 0 Å². The van der Waals surface area contributed by atoms with Gasteiger partial charge in [-0.05, 0) is 6.42 Å². The van der Waals surface area contributed by atoms with E-state index in [4.69, 9.17) is 5.73 Å². The van der Waals surface area contributed by atoms with Gasteiger partial charge in [0.05, 0.1) is 4.05 Å². The van der Waals surface area contributed by atoms with Crippen LogP contribution in [0.1, 0.15) is 110 Å². The molecule has 0 aliphatic heterocycles. The van der Waals surface area contributed by atoms with Crippen LogP contribution >= 0.6 is 22.6 Å². The van der Waals surface area contributed by atoms with Gasteiger partial charge in [-0.25, -0.2) is 0 Å². The molecule has 0 bridgehead atoms. The van der Waals surface area contributed by atoms with Crippen molar-refractivity contribution in [3.05, 3.63) is 0 Å². The normalized spacial score (nSPS) is 12.8. The molecule has 0 aromatic rings. The molecule has 0 amide bonds. The van der Waals surface area contributed by atoms with Crippen molar-refractivity contribution in [1.29, 1.82) is 0 Å². The SMILES string of the molecule is CCCCCCCCCCCCCCCCCC(N)I. The lowest BCUT2D eigenvalue weighted by atomic mass is 10.0. The summed E-state index contributed by atoms with van der Waals surface area (Å²) < 4.78 is 0.370. The van der Waals surface area contributed by atoms with E-state index in [2.05, 4.69) is 29.5 Å². The Morgan fingerprint density at radius 3 is 1.20 bits per heavy atom. The molecule has 0 spiro atoms. The fourth-order valence-electron chi connectivity index (χ4n) is 2.71. The molecule has 0 aliphatic carbocycles. The first-order valence-corrected chi connectivity index (χ1v) is 10.4. The molecule has 0 aromatic carbocycles. The lowest BCUT2D eigenvalue weighted by molar-refractivity contribution is 0.529. The van der Waals surface area contributed by atoms with Crippen molar-refractivity contribution in [3.8, 4) is 0 Å². The molecule has 0 aliphatic rings. The molecule has 0 rings (SSSR count). The van der Waals surface area contributed by atoms with Crippen molar-refractivity contribution in [3.63, 3.8) is 0 Å². The van der Waals surface area contributed by atoms with Gasteiger partial charge in [0.25, 0.3) is 0 Å². The third-order valence-electron chi connectivity index (χ3n) is 4.08. The Kier molecular flexibility index (Phi) is 18.4. The van der Waals surface area contributed by atoms with Crippen LogP contribution in [-0.2, 0) is 0 Å². The number of alkyl halides is 1. The maximum absolute atomic E-state index is 5.73. The molecule has 122 valence electrons. The summed E-state index contributed by atoms with van der Waals surface area (Å²) in [7, 11) is 0. The zero-order chi connectivity index (χ0) is 14.9. The van der Waals surface area contributed by atoms with Gasteiger partial charge in [0.2, 0.25) is 0 Å². The fourth-order valence-corrected chi connectivity index (χ4v) is 3.15. The highest BCUT2D eigenvalue weighted by Gasteiger charge is 1.96. The zero-order valence-electron chi connectivity index (χ0n) is 13.8. The van der Waals surface area contributed by atoms with Crippen molar-refractivity contribution in [2.24, 2.45) is 5.73 Å². The highest BCUT2D eigenvalue weighted by atomic mass is 127. The van der Waals surface area contributed by atoms with E-state index in [1.165, 1.54) is 103 Å². The zero-order valence-corrected chi connectivity index (χ0v) is 16.0. The summed E-state index contributed by atoms with van der Waals surface area (Å²) in [6, 6.07) is 0. The maximum atomic E-state index is 5.73. The van der Waals surface area contributed by atoms with Gasteiger partial charge in [-0.15, -0.1) is 0 Å². The molecule has 0 saturated heterocycles. The van der Waals surface area contributed by atoms with E-state index in [-0.39, 0.29) is 0 Å². The molecule has 1 unspecified atom stereocenters. The minimum atomic E-state index is 0.370. The van der Waals surface area contributed by atoms with Crippen molar-refractivity contribution < 1.29 is 0 Å². The van der Waals surface area contributed by atoms with Crippen molar-refractivity contribution in [1.82, 2.24) is 0 Å². The van der Waals surface area contributed by atoms with Crippen LogP contribution in [0.3, 0.4) is 0 Å². The standard InChI is InChI=1S/C18H38IN/c1-2-3-4-5-6-7-8-9-10-11-12-13-14-15-16-17-18(19)20/h18H,2-17,20H2,1H3. The molecular formula is C18H38IN. The number of unbranched alkanes of at least 4 members (excludes halogenated alkanes) is 14. The topological polar surface area (TPSA) is 26.0 Å². The Morgan fingerprint density at radius 2 is 0.900 bits per heavy atom. The summed E-state index contributed by atoms with van der Waals surface area (Å²) in [5.74, 6) is 0. The van der Waals surface area contributed by atoms with E-state index < -0.39 is 0 Å². The second-order valence-corrected chi connectivity index (χ2v) is 7.85. The van der Waals surface area contributed by atoms with E-state index >= 15 is 0 Å². The molecule has 2 N–H and O–H groups in total. The van der Waals surface area contributed by atoms with Crippen LogP contribution in [0.25, 0.3) is 0 Å². The maximum Gasteiger partial charge on any atom is 0.0568 e. The van der Waals surface area contributed by atoms with E-state index in [0.29, 0.717) is 4.05 Å². The van der Waals surface area contributed by atoms with E-state index in [0.717, 1.165) is 0 Å². The summed E-state index contributed by atoms with van der Waals surface area (Å²) in [6.07, 6.45) is 22.7. The Labute approximate surface area is 142 Å². The van der Waals surface area contributed by atoms with Gasteiger partial charge in [-0.1, -0.05) is 126 Å². The smallest absolute Gasteiger partial charge is 0.0568 e. The predicted molar refractivity (Wildman–Crippen MR) is 102 cm³/mol. The van der Waals surface area contributed by atoms with Crippen LogP contribution in [0.2, 0.25) is 0 Å². The van der Waals surface area contributed by atoms with Crippen LogP contribution in [0.4, 0.5) is 0 Å². The molecule has 1 atom stereocenters. The summed E-state index contributed by atoms with van der Waals surface area (Å²) in [4.78, 5) is 0. The average molecular weight is 395 g/mol. The summed E-state index contributed by atoms with van der Waals surface area (Å²) in [5, 5.41) is 0. The molecule has 20 heavy (non-hydrogen) atoms. The minimum Gasteiger partial charge on any atom is -0.320 e. The van der Waals surface area contributed by atoms with Gasteiger partial charge in [0, 0.05) is 0 Å². The quantitative estimate of drug-likeness (QED) is 0.130. The third-order valence-corrected chi connectivity index (χ3v) is 4.71. The fraction of sp³-hybridized carbons (Fsp3) is 1.00. The lowest BCUT2D eigenvalue weighted by Crippen LogP contribution is -2.09. The van der Waals surface area contributed by atoms with Gasteiger partial charge in [-0.2, -0.15) is 0 Å². The molecule has 1 nitrogen and oxygen atoms in total. The Hall–Kier alpha value is 0.690. The van der Waals surface area contributed by atoms with Gasteiger partial charge in [-0.3, -0.25) is 0 Å². The molecule has 2 heteroatoms. The first-order valence-electron chi connectivity index (χ1n) is 9.17. The van der Waals surface area contributed by atoms with Crippen molar-refractivity contribution in [2.75, 3.05) is 0 Å². The second-order valence-electron chi connectivity index (χ2n) is 6.25. The number of hydrogen-bond donors (Lipinski definition) is 1. The largest absolute Gasteiger partial charge is 0.320 e. The van der Waals surface area contributed by atoms with Crippen LogP contribution in [0.5, 0.6) is 0 Å². The average Bonchev–Trinajstić information content (AvgIpc) is 2.43. The van der Waals surface area contributed by atoms with Crippen LogP contribution < -0.4 is 5.73 Å². The molecule has 0 saturated carbocycles. The van der Waals surface area contributed by atoms with Gasteiger partial charge in [0.1, 0.15) is 0 Å². The minimum absolute atomic E-state index is 0.370. The third kappa shape index (κ3) is 18.7. The van der Waals surface area contributed by atoms with E-state index in [1.807, 2.05) is 0 Å². The monoisotopic (exact) mass is 395 g/mol. The highest BCUT2D eigenvalue weighted by Crippen LogP contribution is 2.14. The number of nitrogens with two attached hydrogens (primary N) is 1. The number of rotatable bonds is 16. The first kappa shape index (κ1) is 20.7. The highest BCUT2D eigenvalue weighted by molar-refractivity contribution is 14.1. The molecule has 0 fully saturated rings. The van der Waals surface area contributed by atoms with Crippen molar-refractivity contribution in [2.45, 2.75) is 114 Å². The predicted octanol–water partition coefficient (Wildman–Crippen LogP) is 6.97. The summed E-state index contributed by atoms with van der Waals surface area (Å²) >= 11 is 2.32.